The third-order valence-electron chi connectivity index (χ3n) is 4.09. The molecular weight excluding hydrogens is 385 g/mol. The number of alkyl halides is 3. The second kappa shape index (κ2) is 7.51. The fourth-order valence-electron chi connectivity index (χ4n) is 2.88. The molecule has 6 nitrogen and oxygen atoms in total. The van der Waals surface area contributed by atoms with Crippen LogP contribution in [0.4, 0.5) is 13.2 Å². The summed E-state index contributed by atoms with van der Waals surface area (Å²) in [6.45, 7) is -0.0736. The van der Waals surface area contributed by atoms with Gasteiger partial charge in [0.25, 0.3) is 5.91 Å². The van der Waals surface area contributed by atoms with Crippen LogP contribution in [-0.2, 0) is 17.5 Å². The number of nitrogens with zero attached hydrogens (tertiary/aromatic N) is 3. The molecule has 1 aromatic heterocycles. The largest absolute Gasteiger partial charge is 0.416 e. The number of carbonyl (C=O) groups is 2. The summed E-state index contributed by atoms with van der Waals surface area (Å²) in [4.78, 5) is 33.1. The Morgan fingerprint density at radius 1 is 1.30 bits per heavy atom. The summed E-state index contributed by atoms with van der Waals surface area (Å²) < 4.78 is 39.3. The van der Waals surface area contributed by atoms with Gasteiger partial charge < -0.3 is 10.2 Å². The number of rotatable bonds is 4. The highest BCUT2D eigenvalue weighted by Gasteiger charge is 2.36. The summed E-state index contributed by atoms with van der Waals surface area (Å²) in [5.74, 6) is -0.868. The Labute approximate surface area is 157 Å². The van der Waals surface area contributed by atoms with Crippen LogP contribution in [0.5, 0.6) is 0 Å². The SMILES string of the molecule is O=C(NC1CC(=O)N(Cc2ccccc2C(F)(F)F)C1)c1ccnc(Cl)n1. The van der Waals surface area contributed by atoms with Crippen molar-refractivity contribution in [2.75, 3.05) is 6.54 Å². The summed E-state index contributed by atoms with van der Waals surface area (Å²) in [5.41, 5.74) is -0.725. The Morgan fingerprint density at radius 3 is 2.74 bits per heavy atom. The number of nitrogens with one attached hydrogen (secondary N) is 1. The van der Waals surface area contributed by atoms with Gasteiger partial charge in [0.05, 0.1) is 11.6 Å². The molecule has 27 heavy (non-hydrogen) atoms. The average molecular weight is 399 g/mol. The van der Waals surface area contributed by atoms with Gasteiger partial charge in [0, 0.05) is 25.7 Å². The van der Waals surface area contributed by atoms with E-state index in [2.05, 4.69) is 15.3 Å². The summed E-state index contributed by atoms with van der Waals surface area (Å²) >= 11 is 5.64. The van der Waals surface area contributed by atoms with Gasteiger partial charge in [-0.2, -0.15) is 13.2 Å². The maximum atomic E-state index is 13.1. The summed E-state index contributed by atoms with van der Waals surface area (Å²) in [5, 5.41) is 2.55. The highest BCUT2D eigenvalue weighted by molar-refractivity contribution is 6.28. The molecule has 0 saturated carbocycles. The van der Waals surface area contributed by atoms with E-state index in [0.717, 1.165) is 6.07 Å². The molecule has 2 heterocycles. The van der Waals surface area contributed by atoms with Crippen molar-refractivity contribution in [3.05, 3.63) is 58.6 Å². The molecule has 1 aromatic carbocycles. The second-order valence-electron chi connectivity index (χ2n) is 6.01. The van der Waals surface area contributed by atoms with Gasteiger partial charge in [-0.05, 0) is 29.3 Å². The minimum absolute atomic E-state index is 0.00125. The Balaban J connectivity index is 1.67. The van der Waals surface area contributed by atoms with E-state index in [1.54, 1.807) is 0 Å². The van der Waals surface area contributed by atoms with Gasteiger partial charge in [-0.1, -0.05) is 18.2 Å². The zero-order valence-electron chi connectivity index (χ0n) is 13.8. The molecule has 1 aliphatic rings. The van der Waals surface area contributed by atoms with E-state index < -0.39 is 23.7 Å². The van der Waals surface area contributed by atoms with Crippen LogP contribution in [0.1, 0.15) is 28.0 Å². The van der Waals surface area contributed by atoms with Crippen LogP contribution in [-0.4, -0.2) is 39.3 Å². The van der Waals surface area contributed by atoms with Gasteiger partial charge in [0.15, 0.2) is 0 Å². The predicted octanol–water partition coefficient (Wildman–Crippen LogP) is 2.68. The van der Waals surface area contributed by atoms with Crippen molar-refractivity contribution in [1.29, 1.82) is 0 Å². The molecule has 1 unspecified atom stereocenters. The first-order valence-electron chi connectivity index (χ1n) is 7.96. The van der Waals surface area contributed by atoms with Gasteiger partial charge in [-0.3, -0.25) is 9.59 Å². The van der Waals surface area contributed by atoms with E-state index in [4.69, 9.17) is 11.6 Å². The third kappa shape index (κ3) is 4.54. The van der Waals surface area contributed by atoms with Gasteiger partial charge in [-0.15, -0.1) is 0 Å². The lowest BCUT2D eigenvalue weighted by atomic mass is 10.1. The number of carbonyl (C=O) groups excluding carboxylic acids is 2. The van der Waals surface area contributed by atoms with E-state index in [0.29, 0.717) is 0 Å². The fraction of sp³-hybridized carbons (Fsp3) is 0.294. The average Bonchev–Trinajstić information content (AvgIpc) is 2.93. The second-order valence-corrected chi connectivity index (χ2v) is 6.35. The number of aromatic nitrogens is 2. The normalized spacial score (nSPS) is 17.3. The van der Waals surface area contributed by atoms with Crippen LogP contribution < -0.4 is 5.32 Å². The van der Waals surface area contributed by atoms with E-state index in [1.807, 2.05) is 0 Å². The van der Waals surface area contributed by atoms with E-state index in [1.165, 1.54) is 35.4 Å². The maximum absolute atomic E-state index is 13.1. The molecule has 2 aromatic rings. The Bertz CT molecular complexity index is 875. The molecule has 10 heteroatoms. The zero-order chi connectivity index (χ0) is 19.6. The molecule has 1 atom stereocenters. The molecule has 3 rings (SSSR count). The summed E-state index contributed by atoms with van der Waals surface area (Å²) in [6, 6.07) is 5.95. The number of amides is 2. The first-order chi connectivity index (χ1) is 12.7. The molecule has 0 radical (unpaired) electrons. The monoisotopic (exact) mass is 398 g/mol. The number of benzene rings is 1. The van der Waals surface area contributed by atoms with Crippen molar-refractivity contribution in [2.24, 2.45) is 0 Å². The minimum atomic E-state index is -4.50. The molecular formula is C17H14ClF3N4O2. The highest BCUT2D eigenvalue weighted by atomic mass is 35.5. The minimum Gasteiger partial charge on any atom is -0.346 e. The van der Waals surface area contributed by atoms with Crippen LogP contribution in [0, 0.1) is 0 Å². The van der Waals surface area contributed by atoms with E-state index in [-0.39, 0.29) is 42.0 Å². The zero-order valence-corrected chi connectivity index (χ0v) is 14.6. The van der Waals surface area contributed by atoms with Crippen molar-refractivity contribution < 1.29 is 22.8 Å². The summed E-state index contributed by atoms with van der Waals surface area (Å²) in [7, 11) is 0. The van der Waals surface area contributed by atoms with E-state index >= 15 is 0 Å². The van der Waals surface area contributed by atoms with Gasteiger partial charge in [0.1, 0.15) is 5.69 Å². The lowest BCUT2D eigenvalue weighted by molar-refractivity contribution is -0.139. The number of hydrogen-bond donors (Lipinski definition) is 1. The van der Waals surface area contributed by atoms with Crippen LogP contribution in [0.25, 0.3) is 0 Å². The van der Waals surface area contributed by atoms with Crippen LogP contribution in [0.15, 0.2) is 36.5 Å². The van der Waals surface area contributed by atoms with Gasteiger partial charge in [-0.25, -0.2) is 9.97 Å². The standard InChI is InChI=1S/C17H14ClF3N4O2/c18-16-22-6-5-13(24-16)15(27)23-11-7-14(26)25(9-11)8-10-3-1-2-4-12(10)17(19,20)21/h1-6,11H,7-9H2,(H,23,27). The molecule has 1 fully saturated rings. The lowest BCUT2D eigenvalue weighted by Crippen LogP contribution is -2.37. The Kier molecular flexibility index (Phi) is 5.31. The molecule has 2 amide bonds. The van der Waals surface area contributed by atoms with E-state index in [9.17, 15) is 22.8 Å². The van der Waals surface area contributed by atoms with Gasteiger partial charge >= 0.3 is 6.18 Å². The lowest BCUT2D eigenvalue weighted by Gasteiger charge is -2.20. The molecule has 0 bridgehead atoms. The first-order valence-corrected chi connectivity index (χ1v) is 8.34. The van der Waals surface area contributed by atoms with Crippen LogP contribution >= 0.6 is 11.6 Å². The molecule has 1 N–H and O–H groups in total. The van der Waals surface area contributed by atoms with Crippen molar-refractivity contribution in [1.82, 2.24) is 20.2 Å². The number of hydrogen-bond acceptors (Lipinski definition) is 4. The van der Waals surface area contributed by atoms with Crippen molar-refractivity contribution in [3.63, 3.8) is 0 Å². The quantitative estimate of drug-likeness (QED) is 0.803. The summed E-state index contributed by atoms with van der Waals surface area (Å²) in [6.07, 6.45) is -3.18. The molecule has 1 aliphatic heterocycles. The number of likely N-dealkylation sites (tertiary alicyclic amines) is 1. The van der Waals surface area contributed by atoms with Crippen LogP contribution in [0.3, 0.4) is 0 Å². The molecule has 142 valence electrons. The van der Waals surface area contributed by atoms with Crippen molar-refractivity contribution in [3.8, 4) is 0 Å². The first kappa shape index (κ1) is 19.1. The topological polar surface area (TPSA) is 75.2 Å². The smallest absolute Gasteiger partial charge is 0.346 e. The Morgan fingerprint density at radius 2 is 2.04 bits per heavy atom. The molecule has 1 saturated heterocycles. The highest BCUT2D eigenvalue weighted by Crippen LogP contribution is 2.32. The molecule has 0 aliphatic carbocycles. The third-order valence-corrected chi connectivity index (χ3v) is 4.27. The maximum Gasteiger partial charge on any atom is 0.416 e. The number of halogens is 4. The van der Waals surface area contributed by atoms with Gasteiger partial charge in [0.2, 0.25) is 11.2 Å². The Hall–Kier alpha value is -2.68. The van der Waals surface area contributed by atoms with Crippen LogP contribution in [0.2, 0.25) is 5.28 Å². The van der Waals surface area contributed by atoms with Crippen molar-refractivity contribution in [2.45, 2.75) is 25.2 Å². The predicted molar refractivity (Wildman–Crippen MR) is 89.8 cm³/mol. The molecule has 0 spiro atoms. The van der Waals surface area contributed by atoms with Crippen molar-refractivity contribution >= 4 is 23.4 Å². The fourth-order valence-corrected chi connectivity index (χ4v) is 3.03.